The van der Waals surface area contributed by atoms with Gasteiger partial charge >= 0.3 is 0 Å². The number of nitrogens with one attached hydrogen (secondary N) is 3. The third kappa shape index (κ3) is 3.91. The summed E-state index contributed by atoms with van der Waals surface area (Å²) in [4.78, 5) is 12.9. The van der Waals surface area contributed by atoms with E-state index in [0.717, 1.165) is 36.4 Å². The molecule has 1 aliphatic carbocycles. The lowest BCUT2D eigenvalue weighted by Gasteiger charge is -2.22. The molecule has 7 heteroatoms. The monoisotopic (exact) mass is 383 g/mol. The smallest absolute Gasteiger partial charge is 0.226 e. The summed E-state index contributed by atoms with van der Waals surface area (Å²) in [6.07, 6.45) is 2.26. The number of rotatable bonds is 7. The maximum absolute atomic E-state index is 12.9. The van der Waals surface area contributed by atoms with Gasteiger partial charge in [-0.2, -0.15) is 5.10 Å². The number of hydrogen-bond donors (Lipinski definition) is 3. The third-order valence-electron chi connectivity index (χ3n) is 5.95. The van der Waals surface area contributed by atoms with Gasteiger partial charge in [0.15, 0.2) is 0 Å². The molecule has 28 heavy (non-hydrogen) atoms. The second-order valence-corrected chi connectivity index (χ2v) is 8.19. The molecule has 2 atom stereocenters. The number of carbonyl (C=O) groups excluding carboxylic acids is 1. The quantitative estimate of drug-likeness (QED) is 0.680. The maximum atomic E-state index is 12.9. The summed E-state index contributed by atoms with van der Waals surface area (Å²) in [5.74, 6) is 0.730. The summed E-state index contributed by atoms with van der Waals surface area (Å²) in [6.45, 7) is 6.28. The number of amides is 1. The molecule has 2 aliphatic rings. The Hall–Kier alpha value is -2.38. The summed E-state index contributed by atoms with van der Waals surface area (Å²) in [5, 5.41) is 7.79. The zero-order valence-corrected chi connectivity index (χ0v) is 16.8. The number of aryl methyl sites for hydroxylation is 2. The topological polar surface area (TPSA) is 80.2 Å². The van der Waals surface area contributed by atoms with Gasteiger partial charge in [0.25, 0.3) is 0 Å². The molecule has 0 bridgehead atoms. The number of nitrogens with zero attached hydrogens (tertiary/aromatic N) is 2. The van der Waals surface area contributed by atoms with E-state index < -0.39 is 0 Å². The summed E-state index contributed by atoms with van der Waals surface area (Å²) in [5.41, 5.74) is 9.79. The van der Waals surface area contributed by atoms with Crippen LogP contribution in [0.2, 0.25) is 0 Å². The van der Waals surface area contributed by atoms with E-state index >= 15 is 0 Å². The van der Waals surface area contributed by atoms with Gasteiger partial charge < -0.3 is 10.1 Å². The Morgan fingerprint density at radius 2 is 2.18 bits per heavy atom. The van der Waals surface area contributed by atoms with Gasteiger partial charge in [0, 0.05) is 30.7 Å². The molecule has 3 N–H and O–H groups in total. The van der Waals surface area contributed by atoms with Crippen molar-refractivity contribution in [1.82, 2.24) is 25.9 Å². The molecule has 150 valence electrons. The second-order valence-electron chi connectivity index (χ2n) is 8.19. The Morgan fingerprint density at radius 1 is 1.36 bits per heavy atom. The molecule has 0 spiro atoms. The summed E-state index contributed by atoms with van der Waals surface area (Å²) in [7, 11) is 1.65. The highest BCUT2D eigenvalue weighted by Gasteiger charge is 2.44. The number of aromatic nitrogens is 2. The van der Waals surface area contributed by atoms with Crippen molar-refractivity contribution in [3.63, 3.8) is 0 Å². The van der Waals surface area contributed by atoms with Crippen LogP contribution in [0.4, 0.5) is 0 Å². The van der Waals surface area contributed by atoms with E-state index in [1.165, 1.54) is 5.69 Å². The van der Waals surface area contributed by atoms with E-state index in [9.17, 15) is 4.79 Å². The zero-order chi connectivity index (χ0) is 19.7. The number of hydrogen-bond acceptors (Lipinski definition) is 5. The summed E-state index contributed by atoms with van der Waals surface area (Å²) < 4.78 is 7.40. The average molecular weight is 383 g/mol. The van der Waals surface area contributed by atoms with Crippen LogP contribution in [0.3, 0.4) is 0 Å². The van der Waals surface area contributed by atoms with Crippen molar-refractivity contribution in [2.75, 3.05) is 20.2 Å². The van der Waals surface area contributed by atoms with Gasteiger partial charge in [-0.1, -0.05) is 12.1 Å². The van der Waals surface area contributed by atoms with E-state index in [4.69, 9.17) is 4.74 Å². The highest BCUT2D eigenvalue weighted by molar-refractivity contribution is 5.80. The molecule has 2 fully saturated rings. The fourth-order valence-corrected chi connectivity index (χ4v) is 4.02. The minimum Gasteiger partial charge on any atom is -0.497 e. The van der Waals surface area contributed by atoms with Crippen LogP contribution in [0.5, 0.6) is 5.75 Å². The lowest BCUT2D eigenvalue weighted by molar-refractivity contribution is -0.125. The van der Waals surface area contributed by atoms with Crippen molar-refractivity contribution < 1.29 is 9.53 Å². The van der Waals surface area contributed by atoms with Crippen molar-refractivity contribution in [2.24, 2.45) is 11.3 Å². The first kappa shape index (κ1) is 19.0. The molecule has 1 saturated heterocycles. The predicted molar refractivity (Wildman–Crippen MR) is 107 cm³/mol. The Balaban J connectivity index is 1.38. The molecular formula is C21H29N5O2. The van der Waals surface area contributed by atoms with Crippen LogP contribution < -0.4 is 20.9 Å². The minimum absolute atomic E-state index is 0.0683. The minimum atomic E-state index is -0.156. The van der Waals surface area contributed by atoms with Crippen LogP contribution >= 0.6 is 0 Å². The fraction of sp³-hybridized carbons (Fsp3) is 0.524. The first-order valence-corrected chi connectivity index (χ1v) is 9.91. The number of methoxy groups -OCH3 is 1. The SMILES string of the molecule is COc1cccc(C2NNCC2C(=O)NCC2(Cn3nc(C)cc3C)CC2)c1. The lowest BCUT2D eigenvalue weighted by Crippen LogP contribution is -2.39. The Labute approximate surface area is 165 Å². The van der Waals surface area contributed by atoms with Gasteiger partial charge in [-0.25, -0.2) is 5.43 Å². The van der Waals surface area contributed by atoms with Crippen molar-refractivity contribution in [1.29, 1.82) is 0 Å². The van der Waals surface area contributed by atoms with E-state index in [1.54, 1.807) is 7.11 Å². The van der Waals surface area contributed by atoms with Crippen molar-refractivity contribution in [2.45, 2.75) is 39.3 Å². The van der Waals surface area contributed by atoms with E-state index in [1.807, 2.05) is 31.2 Å². The molecule has 2 unspecified atom stereocenters. The molecule has 1 aromatic carbocycles. The summed E-state index contributed by atoms with van der Waals surface area (Å²) in [6, 6.07) is 9.91. The first-order chi connectivity index (χ1) is 13.5. The zero-order valence-electron chi connectivity index (χ0n) is 16.8. The van der Waals surface area contributed by atoms with E-state index in [-0.39, 0.29) is 23.3 Å². The van der Waals surface area contributed by atoms with Crippen LogP contribution in [0.15, 0.2) is 30.3 Å². The number of ether oxygens (including phenoxy) is 1. The van der Waals surface area contributed by atoms with Gasteiger partial charge in [-0.05, 0) is 50.5 Å². The molecule has 1 saturated carbocycles. The van der Waals surface area contributed by atoms with Crippen LogP contribution in [-0.2, 0) is 11.3 Å². The predicted octanol–water partition coefficient (Wildman–Crippen LogP) is 1.87. The number of hydrazine groups is 1. The van der Waals surface area contributed by atoms with Crippen molar-refractivity contribution >= 4 is 5.91 Å². The molecule has 1 aromatic heterocycles. The van der Waals surface area contributed by atoms with Crippen LogP contribution in [-0.4, -0.2) is 35.9 Å². The molecule has 0 radical (unpaired) electrons. The largest absolute Gasteiger partial charge is 0.497 e. The van der Waals surface area contributed by atoms with Gasteiger partial charge in [0.1, 0.15) is 5.75 Å². The molecule has 1 amide bonds. The van der Waals surface area contributed by atoms with Gasteiger partial charge in [-0.3, -0.25) is 14.9 Å². The summed E-state index contributed by atoms with van der Waals surface area (Å²) >= 11 is 0. The van der Waals surface area contributed by atoms with Gasteiger partial charge in [0.05, 0.1) is 24.8 Å². The van der Waals surface area contributed by atoms with E-state index in [2.05, 4.69) is 38.9 Å². The Morgan fingerprint density at radius 3 is 2.86 bits per heavy atom. The number of carbonyl (C=O) groups is 1. The van der Waals surface area contributed by atoms with Gasteiger partial charge in [-0.15, -0.1) is 0 Å². The van der Waals surface area contributed by atoms with Crippen molar-refractivity contribution in [3.8, 4) is 5.75 Å². The fourth-order valence-electron chi connectivity index (χ4n) is 4.02. The Kier molecular flexibility index (Phi) is 5.12. The highest BCUT2D eigenvalue weighted by Crippen LogP contribution is 2.46. The van der Waals surface area contributed by atoms with Gasteiger partial charge in [0.2, 0.25) is 5.91 Å². The lowest BCUT2D eigenvalue weighted by atomic mass is 9.93. The normalized spacial score (nSPS) is 22.8. The highest BCUT2D eigenvalue weighted by atomic mass is 16.5. The first-order valence-electron chi connectivity index (χ1n) is 9.91. The third-order valence-corrected chi connectivity index (χ3v) is 5.95. The van der Waals surface area contributed by atoms with Crippen molar-refractivity contribution in [3.05, 3.63) is 47.3 Å². The standard InChI is InChI=1S/C21H29N5O2/c1-14-9-15(2)26(25-14)13-21(7-8-21)12-22-20(27)18-11-23-24-19(18)16-5-4-6-17(10-16)28-3/h4-6,9-10,18-19,23-24H,7-8,11-13H2,1-3H3,(H,22,27). The second kappa shape index (κ2) is 7.56. The average Bonchev–Trinajstić information content (AvgIpc) is 3.13. The Bertz CT molecular complexity index is 858. The maximum Gasteiger partial charge on any atom is 0.226 e. The molecule has 4 rings (SSSR count). The van der Waals surface area contributed by atoms with Crippen LogP contribution in [0, 0.1) is 25.2 Å². The molecule has 2 heterocycles. The molecule has 2 aromatic rings. The number of benzene rings is 1. The molecule has 1 aliphatic heterocycles. The van der Waals surface area contributed by atoms with Crippen LogP contribution in [0.25, 0.3) is 0 Å². The molecular weight excluding hydrogens is 354 g/mol. The van der Waals surface area contributed by atoms with Crippen LogP contribution in [0.1, 0.15) is 35.8 Å². The molecule has 7 nitrogen and oxygen atoms in total. The van der Waals surface area contributed by atoms with E-state index in [0.29, 0.717) is 13.1 Å².